The zero-order valence-electron chi connectivity index (χ0n) is 11.9. The SMILES string of the molecule is Fc1cccc(-n2nnnc2SCCOc2ccc(Br)cc2)c1. The Morgan fingerprint density at radius 2 is 2.00 bits per heavy atom. The molecule has 1 aromatic heterocycles. The Kier molecular flexibility index (Phi) is 5.24. The van der Waals surface area contributed by atoms with Crippen LogP contribution in [0.4, 0.5) is 4.39 Å². The normalized spacial score (nSPS) is 10.7. The Labute approximate surface area is 145 Å². The summed E-state index contributed by atoms with van der Waals surface area (Å²) in [5.74, 6) is 1.15. The highest BCUT2D eigenvalue weighted by molar-refractivity contribution is 9.10. The molecule has 0 amide bonds. The minimum Gasteiger partial charge on any atom is -0.493 e. The van der Waals surface area contributed by atoms with Gasteiger partial charge >= 0.3 is 0 Å². The zero-order valence-corrected chi connectivity index (χ0v) is 14.3. The van der Waals surface area contributed by atoms with Crippen LogP contribution < -0.4 is 4.74 Å². The van der Waals surface area contributed by atoms with Gasteiger partial charge in [-0.15, -0.1) is 5.10 Å². The van der Waals surface area contributed by atoms with E-state index in [1.807, 2.05) is 24.3 Å². The Balaban J connectivity index is 1.57. The highest BCUT2D eigenvalue weighted by Crippen LogP contribution is 2.20. The average Bonchev–Trinajstić information content (AvgIpc) is 3.02. The number of rotatable bonds is 6. The summed E-state index contributed by atoms with van der Waals surface area (Å²) in [6, 6.07) is 13.8. The van der Waals surface area contributed by atoms with Crippen molar-refractivity contribution in [1.82, 2.24) is 20.2 Å². The van der Waals surface area contributed by atoms with Crippen molar-refractivity contribution in [3.63, 3.8) is 0 Å². The number of aromatic nitrogens is 4. The molecule has 0 radical (unpaired) electrons. The monoisotopic (exact) mass is 394 g/mol. The molecule has 118 valence electrons. The molecule has 0 spiro atoms. The fourth-order valence-corrected chi connectivity index (χ4v) is 2.83. The molecule has 0 fully saturated rings. The summed E-state index contributed by atoms with van der Waals surface area (Å²) in [6.07, 6.45) is 0. The van der Waals surface area contributed by atoms with Crippen LogP contribution in [0.25, 0.3) is 5.69 Å². The van der Waals surface area contributed by atoms with Crippen LogP contribution in [0.2, 0.25) is 0 Å². The number of benzene rings is 2. The molecule has 8 heteroatoms. The van der Waals surface area contributed by atoms with Crippen molar-refractivity contribution in [2.24, 2.45) is 0 Å². The summed E-state index contributed by atoms with van der Waals surface area (Å²) in [4.78, 5) is 0. The Morgan fingerprint density at radius 1 is 1.17 bits per heavy atom. The highest BCUT2D eigenvalue weighted by Gasteiger charge is 2.09. The summed E-state index contributed by atoms with van der Waals surface area (Å²) < 4.78 is 21.5. The maximum atomic E-state index is 13.3. The molecule has 3 rings (SSSR count). The number of nitrogens with zero attached hydrogens (tertiary/aromatic N) is 4. The van der Waals surface area contributed by atoms with Gasteiger partial charge in [0, 0.05) is 10.2 Å². The summed E-state index contributed by atoms with van der Waals surface area (Å²) in [7, 11) is 0. The van der Waals surface area contributed by atoms with E-state index < -0.39 is 0 Å². The molecule has 0 aliphatic rings. The van der Waals surface area contributed by atoms with Crippen LogP contribution in [-0.2, 0) is 0 Å². The van der Waals surface area contributed by atoms with Crippen molar-refractivity contribution in [1.29, 1.82) is 0 Å². The molecule has 1 heterocycles. The van der Waals surface area contributed by atoms with Gasteiger partial charge in [0.25, 0.3) is 0 Å². The quantitative estimate of drug-likeness (QED) is 0.470. The lowest BCUT2D eigenvalue weighted by molar-refractivity contribution is 0.344. The van der Waals surface area contributed by atoms with Crippen molar-refractivity contribution < 1.29 is 9.13 Å². The zero-order chi connectivity index (χ0) is 16.1. The van der Waals surface area contributed by atoms with E-state index in [0.29, 0.717) is 23.2 Å². The fraction of sp³-hybridized carbons (Fsp3) is 0.133. The lowest BCUT2D eigenvalue weighted by Crippen LogP contribution is -2.03. The van der Waals surface area contributed by atoms with E-state index in [-0.39, 0.29) is 5.82 Å². The standard InChI is InChI=1S/C15H12BrFN4OS/c16-11-4-6-14(7-5-11)22-8-9-23-15-18-19-20-21(15)13-3-1-2-12(17)10-13/h1-7,10H,8-9H2. The van der Waals surface area contributed by atoms with Crippen molar-refractivity contribution in [3.05, 3.63) is 58.8 Å². The second kappa shape index (κ2) is 7.56. The topological polar surface area (TPSA) is 52.8 Å². The van der Waals surface area contributed by atoms with Crippen molar-refractivity contribution >= 4 is 27.7 Å². The molecular formula is C15H12BrFN4OS. The van der Waals surface area contributed by atoms with Crippen molar-refractivity contribution in [2.75, 3.05) is 12.4 Å². The molecule has 0 N–H and O–H groups in total. The van der Waals surface area contributed by atoms with Gasteiger partial charge in [-0.25, -0.2) is 4.39 Å². The van der Waals surface area contributed by atoms with Gasteiger partial charge in [-0.05, 0) is 52.9 Å². The van der Waals surface area contributed by atoms with Gasteiger partial charge in [-0.2, -0.15) is 4.68 Å². The maximum absolute atomic E-state index is 13.3. The van der Waals surface area contributed by atoms with Crippen LogP contribution in [0.1, 0.15) is 0 Å². The van der Waals surface area contributed by atoms with Gasteiger partial charge in [0.1, 0.15) is 11.6 Å². The van der Waals surface area contributed by atoms with E-state index in [1.54, 1.807) is 12.1 Å². The molecule has 0 saturated carbocycles. The van der Waals surface area contributed by atoms with Gasteiger partial charge in [-0.1, -0.05) is 33.8 Å². The van der Waals surface area contributed by atoms with Crippen LogP contribution in [0.15, 0.2) is 58.2 Å². The third-order valence-electron chi connectivity index (χ3n) is 2.89. The number of tetrazole rings is 1. The van der Waals surface area contributed by atoms with Crippen LogP contribution in [-0.4, -0.2) is 32.6 Å². The first-order valence-corrected chi connectivity index (χ1v) is 8.56. The molecule has 23 heavy (non-hydrogen) atoms. The molecule has 0 atom stereocenters. The first-order valence-electron chi connectivity index (χ1n) is 6.78. The highest BCUT2D eigenvalue weighted by atomic mass is 79.9. The van der Waals surface area contributed by atoms with Gasteiger partial charge in [0.15, 0.2) is 0 Å². The average molecular weight is 395 g/mol. The summed E-state index contributed by atoms with van der Waals surface area (Å²) >= 11 is 4.82. The molecule has 0 unspecified atom stereocenters. The first-order chi connectivity index (χ1) is 11.2. The fourth-order valence-electron chi connectivity index (χ4n) is 1.86. The predicted octanol–water partition coefficient (Wildman–Crippen LogP) is 3.74. The van der Waals surface area contributed by atoms with Crippen LogP contribution in [0, 0.1) is 5.82 Å². The van der Waals surface area contributed by atoms with Gasteiger partial charge in [0.05, 0.1) is 12.3 Å². The molecule has 0 bridgehead atoms. The molecule has 2 aromatic carbocycles. The Bertz CT molecular complexity index is 781. The largest absolute Gasteiger partial charge is 0.493 e. The van der Waals surface area contributed by atoms with Crippen molar-refractivity contribution in [2.45, 2.75) is 5.16 Å². The third-order valence-corrected chi connectivity index (χ3v) is 4.30. The molecule has 3 aromatic rings. The summed E-state index contributed by atoms with van der Waals surface area (Å²) in [6.45, 7) is 0.516. The Morgan fingerprint density at radius 3 is 2.78 bits per heavy atom. The number of ether oxygens (including phenoxy) is 1. The van der Waals surface area contributed by atoms with Gasteiger partial charge < -0.3 is 4.74 Å². The van der Waals surface area contributed by atoms with Crippen LogP contribution in [0.5, 0.6) is 5.75 Å². The van der Waals surface area contributed by atoms with Gasteiger partial charge in [-0.3, -0.25) is 0 Å². The number of halogens is 2. The van der Waals surface area contributed by atoms with Crippen LogP contribution >= 0.6 is 27.7 Å². The number of thioether (sulfide) groups is 1. The van der Waals surface area contributed by atoms with E-state index in [1.165, 1.54) is 28.6 Å². The first kappa shape index (κ1) is 15.9. The smallest absolute Gasteiger partial charge is 0.214 e. The van der Waals surface area contributed by atoms with Crippen LogP contribution in [0.3, 0.4) is 0 Å². The van der Waals surface area contributed by atoms with E-state index >= 15 is 0 Å². The second-order valence-corrected chi connectivity index (χ2v) is 6.48. The molecule has 0 aliphatic carbocycles. The molecular weight excluding hydrogens is 383 g/mol. The summed E-state index contributed by atoms with van der Waals surface area (Å²) in [5.41, 5.74) is 0.589. The van der Waals surface area contributed by atoms with E-state index in [2.05, 4.69) is 31.5 Å². The predicted molar refractivity (Wildman–Crippen MR) is 89.5 cm³/mol. The van der Waals surface area contributed by atoms with Crippen molar-refractivity contribution in [3.8, 4) is 11.4 Å². The van der Waals surface area contributed by atoms with Gasteiger partial charge in [0.2, 0.25) is 5.16 Å². The molecule has 0 aliphatic heterocycles. The number of hydrogen-bond donors (Lipinski definition) is 0. The third kappa shape index (κ3) is 4.29. The molecule has 0 saturated heterocycles. The minimum atomic E-state index is -0.326. The lowest BCUT2D eigenvalue weighted by Gasteiger charge is -2.06. The maximum Gasteiger partial charge on any atom is 0.214 e. The second-order valence-electron chi connectivity index (χ2n) is 4.50. The molecule has 5 nitrogen and oxygen atoms in total. The van der Waals surface area contributed by atoms with E-state index in [0.717, 1.165) is 10.2 Å². The summed E-state index contributed by atoms with van der Waals surface area (Å²) in [5, 5.41) is 12.1. The number of hydrogen-bond acceptors (Lipinski definition) is 5. The van der Waals surface area contributed by atoms with E-state index in [4.69, 9.17) is 4.74 Å². The Hall–Kier alpha value is -1.93. The van der Waals surface area contributed by atoms with E-state index in [9.17, 15) is 4.39 Å². The minimum absolute atomic E-state index is 0.326. The lowest BCUT2D eigenvalue weighted by atomic mass is 10.3.